The molecule has 3 N–H and O–H groups in total. The summed E-state index contributed by atoms with van der Waals surface area (Å²) in [6.45, 7) is 0. The van der Waals surface area contributed by atoms with Gasteiger partial charge in [0.15, 0.2) is 0 Å². The van der Waals surface area contributed by atoms with Gasteiger partial charge in [0.05, 0.1) is 11.1 Å². The van der Waals surface area contributed by atoms with Crippen LogP contribution in [0.3, 0.4) is 0 Å². The molecule has 1 aromatic heterocycles. The van der Waals surface area contributed by atoms with Crippen LogP contribution in [0.5, 0.6) is 0 Å². The molecule has 92 valence electrons. The van der Waals surface area contributed by atoms with Crippen molar-refractivity contribution in [1.29, 1.82) is 0 Å². The van der Waals surface area contributed by atoms with Crippen molar-refractivity contribution in [3.63, 3.8) is 0 Å². The number of rotatable bonds is 2. The Hall–Kier alpha value is -1.94. The minimum Gasteiger partial charge on any atom is -0.349 e. The fraction of sp³-hybridized carbons (Fsp3) is 0.286. The smallest absolute Gasteiger partial charge is 0.252 e. The molecule has 1 fully saturated rings. The number of nitrogens with zero attached hydrogens (tertiary/aromatic N) is 1. The van der Waals surface area contributed by atoms with E-state index in [-0.39, 0.29) is 18.0 Å². The number of carbonyl (C=O) groups excluding carboxylic acids is 1. The third-order valence-electron chi connectivity index (χ3n) is 3.40. The Morgan fingerprint density at radius 3 is 2.83 bits per heavy atom. The molecule has 0 spiro atoms. The molecule has 0 aliphatic heterocycles. The van der Waals surface area contributed by atoms with E-state index < -0.39 is 0 Å². The van der Waals surface area contributed by atoms with Crippen molar-refractivity contribution in [1.82, 2.24) is 10.3 Å². The highest BCUT2D eigenvalue weighted by molar-refractivity contribution is 6.06. The summed E-state index contributed by atoms with van der Waals surface area (Å²) in [5, 5.41) is 3.90. The largest absolute Gasteiger partial charge is 0.349 e. The van der Waals surface area contributed by atoms with Gasteiger partial charge in [-0.2, -0.15) is 0 Å². The fourth-order valence-corrected chi connectivity index (χ4v) is 2.34. The van der Waals surface area contributed by atoms with Gasteiger partial charge in [0.25, 0.3) is 5.91 Å². The first-order valence-corrected chi connectivity index (χ1v) is 6.14. The summed E-state index contributed by atoms with van der Waals surface area (Å²) in [6, 6.07) is 9.89. The molecule has 0 radical (unpaired) electrons. The van der Waals surface area contributed by atoms with E-state index in [4.69, 9.17) is 5.73 Å². The summed E-state index contributed by atoms with van der Waals surface area (Å²) < 4.78 is 0. The van der Waals surface area contributed by atoms with E-state index in [9.17, 15) is 4.79 Å². The van der Waals surface area contributed by atoms with E-state index in [2.05, 4.69) is 10.3 Å². The number of hydrogen-bond acceptors (Lipinski definition) is 3. The molecule has 1 amide bonds. The zero-order valence-electron chi connectivity index (χ0n) is 9.97. The molecule has 0 bridgehead atoms. The summed E-state index contributed by atoms with van der Waals surface area (Å²) in [4.78, 5) is 16.4. The lowest BCUT2D eigenvalue weighted by atomic mass is 9.87. The van der Waals surface area contributed by atoms with Crippen molar-refractivity contribution >= 4 is 16.8 Å². The number of carbonyl (C=O) groups is 1. The molecule has 2 aromatic rings. The normalized spacial score (nSPS) is 22.5. The maximum atomic E-state index is 12.2. The van der Waals surface area contributed by atoms with Crippen molar-refractivity contribution < 1.29 is 4.79 Å². The van der Waals surface area contributed by atoms with Crippen LogP contribution in [-0.2, 0) is 0 Å². The zero-order valence-corrected chi connectivity index (χ0v) is 9.97. The van der Waals surface area contributed by atoms with Crippen molar-refractivity contribution in [2.24, 2.45) is 5.73 Å². The van der Waals surface area contributed by atoms with E-state index in [1.54, 1.807) is 12.3 Å². The summed E-state index contributed by atoms with van der Waals surface area (Å²) in [5.41, 5.74) is 7.24. The number of fused-ring (bicyclic) bond motifs is 1. The molecule has 4 heteroatoms. The van der Waals surface area contributed by atoms with Gasteiger partial charge >= 0.3 is 0 Å². The van der Waals surface area contributed by atoms with Crippen LogP contribution in [0, 0.1) is 0 Å². The van der Waals surface area contributed by atoms with Crippen LogP contribution in [0.2, 0.25) is 0 Å². The van der Waals surface area contributed by atoms with Crippen molar-refractivity contribution in [3.05, 3.63) is 42.1 Å². The number of nitrogens with two attached hydrogens (primary N) is 1. The second kappa shape index (κ2) is 4.38. The first-order chi connectivity index (χ1) is 8.74. The molecule has 1 aromatic carbocycles. The minimum atomic E-state index is -0.0366. The van der Waals surface area contributed by atoms with Gasteiger partial charge in [0.2, 0.25) is 0 Å². The third kappa shape index (κ3) is 1.95. The van der Waals surface area contributed by atoms with Crippen molar-refractivity contribution in [2.75, 3.05) is 0 Å². The van der Waals surface area contributed by atoms with Crippen LogP contribution in [-0.4, -0.2) is 23.0 Å². The molecule has 1 heterocycles. The van der Waals surface area contributed by atoms with Crippen LogP contribution < -0.4 is 11.1 Å². The number of benzene rings is 1. The van der Waals surface area contributed by atoms with Gasteiger partial charge in [-0.05, 0) is 25.0 Å². The zero-order chi connectivity index (χ0) is 12.5. The molecule has 0 unspecified atom stereocenters. The monoisotopic (exact) mass is 241 g/mol. The predicted molar refractivity (Wildman–Crippen MR) is 70.2 cm³/mol. The van der Waals surface area contributed by atoms with Crippen molar-refractivity contribution in [3.8, 4) is 0 Å². The first kappa shape index (κ1) is 11.2. The highest BCUT2D eigenvalue weighted by atomic mass is 16.1. The van der Waals surface area contributed by atoms with Crippen LogP contribution >= 0.6 is 0 Å². The number of aromatic nitrogens is 1. The van der Waals surface area contributed by atoms with E-state index in [0.717, 1.165) is 23.7 Å². The average Bonchev–Trinajstić information content (AvgIpc) is 2.36. The summed E-state index contributed by atoms with van der Waals surface area (Å²) in [6.07, 6.45) is 3.41. The Morgan fingerprint density at radius 2 is 2.06 bits per heavy atom. The van der Waals surface area contributed by atoms with Crippen molar-refractivity contribution in [2.45, 2.75) is 24.9 Å². The molecule has 1 aliphatic carbocycles. The van der Waals surface area contributed by atoms with Gasteiger partial charge in [-0.1, -0.05) is 18.2 Å². The highest BCUT2D eigenvalue weighted by Crippen LogP contribution is 2.20. The Labute approximate surface area is 105 Å². The summed E-state index contributed by atoms with van der Waals surface area (Å²) in [5.74, 6) is -0.0366. The van der Waals surface area contributed by atoms with Gasteiger partial charge in [-0.3, -0.25) is 9.78 Å². The van der Waals surface area contributed by atoms with E-state index in [0.29, 0.717) is 5.56 Å². The second-order valence-electron chi connectivity index (χ2n) is 4.78. The van der Waals surface area contributed by atoms with Crippen LogP contribution in [0.15, 0.2) is 36.5 Å². The third-order valence-corrected chi connectivity index (χ3v) is 3.40. The Kier molecular flexibility index (Phi) is 2.72. The molecular weight excluding hydrogens is 226 g/mol. The van der Waals surface area contributed by atoms with Crippen LogP contribution in [0.25, 0.3) is 10.9 Å². The number of hydrogen-bond donors (Lipinski definition) is 2. The molecule has 18 heavy (non-hydrogen) atoms. The molecule has 0 saturated heterocycles. The van der Waals surface area contributed by atoms with Gasteiger partial charge in [-0.15, -0.1) is 0 Å². The maximum Gasteiger partial charge on any atom is 0.252 e. The topological polar surface area (TPSA) is 68.0 Å². The van der Waals surface area contributed by atoms with Gasteiger partial charge in [-0.25, -0.2) is 0 Å². The Balaban J connectivity index is 1.87. The number of para-hydroxylation sites is 1. The maximum absolute atomic E-state index is 12.2. The molecule has 3 rings (SSSR count). The second-order valence-corrected chi connectivity index (χ2v) is 4.78. The average molecular weight is 241 g/mol. The molecule has 4 nitrogen and oxygen atoms in total. The lowest BCUT2D eigenvalue weighted by molar-refractivity contribution is 0.0912. The summed E-state index contributed by atoms with van der Waals surface area (Å²) >= 11 is 0. The standard InChI is InChI=1S/C14H15N3O/c15-9-7-10(8-9)17-14(18)12-5-6-16-13-4-2-1-3-11(12)13/h1-6,9-10H,7-8,15H2,(H,17,18). The van der Waals surface area contributed by atoms with E-state index in [1.165, 1.54) is 0 Å². The number of pyridine rings is 1. The lowest BCUT2D eigenvalue weighted by Gasteiger charge is -2.33. The lowest BCUT2D eigenvalue weighted by Crippen LogP contribution is -2.50. The Bertz CT molecular complexity index is 585. The molecule has 1 saturated carbocycles. The number of amides is 1. The first-order valence-electron chi connectivity index (χ1n) is 6.14. The molecule has 1 aliphatic rings. The van der Waals surface area contributed by atoms with E-state index in [1.807, 2.05) is 24.3 Å². The predicted octanol–water partition coefficient (Wildman–Crippen LogP) is 1.45. The Morgan fingerprint density at radius 1 is 1.28 bits per heavy atom. The summed E-state index contributed by atoms with van der Waals surface area (Å²) in [7, 11) is 0. The van der Waals surface area contributed by atoms with Gasteiger partial charge in [0.1, 0.15) is 0 Å². The number of nitrogens with one attached hydrogen (secondary N) is 1. The molecular formula is C14H15N3O. The van der Waals surface area contributed by atoms with Crippen LogP contribution in [0.1, 0.15) is 23.2 Å². The SMILES string of the molecule is NC1CC(NC(=O)c2ccnc3ccccc23)C1. The van der Waals surface area contributed by atoms with E-state index >= 15 is 0 Å². The van der Waals surface area contributed by atoms with Gasteiger partial charge < -0.3 is 11.1 Å². The van der Waals surface area contributed by atoms with Crippen LogP contribution in [0.4, 0.5) is 0 Å². The fourth-order valence-electron chi connectivity index (χ4n) is 2.34. The molecule has 0 atom stereocenters. The quantitative estimate of drug-likeness (QED) is 0.836. The minimum absolute atomic E-state index is 0.0366. The van der Waals surface area contributed by atoms with Gasteiger partial charge in [0, 0.05) is 23.7 Å². The highest BCUT2D eigenvalue weighted by Gasteiger charge is 2.27.